The maximum absolute atomic E-state index is 12.1. The van der Waals surface area contributed by atoms with Gasteiger partial charge >= 0.3 is 0 Å². The quantitative estimate of drug-likeness (QED) is 0.838. The van der Waals surface area contributed by atoms with Gasteiger partial charge in [0.2, 0.25) is 5.91 Å². The number of benzene rings is 1. The maximum Gasteiger partial charge on any atom is 0.225 e. The monoisotopic (exact) mass is 289 g/mol. The first-order valence-electron chi connectivity index (χ1n) is 7.82. The Morgan fingerprint density at radius 2 is 2.00 bits per heavy atom. The number of nitrogen functional groups attached to an aromatic ring is 1. The number of nitrogens with zero attached hydrogens (tertiary/aromatic N) is 1. The molecule has 0 aliphatic carbocycles. The second kappa shape index (κ2) is 6.94. The molecule has 2 atom stereocenters. The highest BCUT2D eigenvalue weighted by atomic mass is 16.1. The van der Waals surface area contributed by atoms with Gasteiger partial charge in [-0.2, -0.15) is 0 Å². The molecule has 1 aromatic rings. The van der Waals surface area contributed by atoms with E-state index >= 15 is 0 Å². The van der Waals surface area contributed by atoms with Crippen LogP contribution >= 0.6 is 0 Å². The number of nitrogens with one attached hydrogen (secondary N) is 1. The van der Waals surface area contributed by atoms with Crippen molar-refractivity contribution < 1.29 is 4.79 Å². The van der Waals surface area contributed by atoms with Crippen LogP contribution < -0.4 is 11.1 Å². The molecule has 2 unspecified atom stereocenters. The number of likely N-dealkylation sites (tertiary alicyclic amines) is 1. The average Bonchev–Trinajstić information content (AvgIpc) is 2.40. The Bertz CT molecular complexity index is 491. The van der Waals surface area contributed by atoms with Crippen molar-refractivity contribution in [2.75, 3.05) is 30.7 Å². The summed E-state index contributed by atoms with van der Waals surface area (Å²) in [5, 5.41) is 2.97. The van der Waals surface area contributed by atoms with Crippen molar-refractivity contribution in [3.8, 4) is 0 Å². The van der Waals surface area contributed by atoms with Crippen LogP contribution in [0.1, 0.15) is 32.3 Å². The highest BCUT2D eigenvalue weighted by Gasteiger charge is 2.21. The molecule has 1 fully saturated rings. The summed E-state index contributed by atoms with van der Waals surface area (Å²) in [6.07, 6.45) is 1.83. The van der Waals surface area contributed by atoms with E-state index in [4.69, 9.17) is 5.73 Å². The van der Waals surface area contributed by atoms with Gasteiger partial charge in [0.05, 0.1) is 0 Å². The zero-order valence-corrected chi connectivity index (χ0v) is 13.4. The van der Waals surface area contributed by atoms with Crippen LogP contribution in [0.3, 0.4) is 0 Å². The molecule has 0 radical (unpaired) electrons. The molecule has 1 aromatic carbocycles. The molecule has 0 aromatic heterocycles. The predicted octanol–water partition coefficient (Wildman–Crippen LogP) is 2.88. The summed E-state index contributed by atoms with van der Waals surface area (Å²) in [6, 6.07) is 5.60. The summed E-state index contributed by atoms with van der Waals surface area (Å²) in [4.78, 5) is 14.5. The van der Waals surface area contributed by atoms with Crippen molar-refractivity contribution in [3.05, 3.63) is 23.8 Å². The summed E-state index contributed by atoms with van der Waals surface area (Å²) in [7, 11) is 0. The molecule has 0 spiro atoms. The first kappa shape index (κ1) is 15.8. The van der Waals surface area contributed by atoms with Crippen molar-refractivity contribution in [3.63, 3.8) is 0 Å². The largest absolute Gasteiger partial charge is 0.399 e. The lowest BCUT2D eigenvalue weighted by Gasteiger charge is -2.34. The van der Waals surface area contributed by atoms with Crippen LogP contribution in [0.15, 0.2) is 18.2 Å². The highest BCUT2D eigenvalue weighted by molar-refractivity contribution is 5.92. The van der Waals surface area contributed by atoms with Crippen molar-refractivity contribution in [2.24, 2.45) is 11.8 Å². The number of rotatable bonds is 4. The third-order valence-electron chi connectivity index (χ3n) is 4.14. The van der Waals surface area contributed by atoms with Gasteiger partial charge in [0.1, 0.15) is 0 Å². The normalized spacial score (nSPS) is 23.0. The van der Waals surface area contributed by atoms with E-state index in [2.05, 4.69) is 24.1 Å². The molecule has 21 heavy (non-hydrogen) atoms. The fourth-order valence-corrected chi connectivity index (χ4v) is 3.22. The zero-order valence-electron chi connectivity index (χ0n) is 13.4. The summed E-state index contributed by atoms with van der Waals surface area (Å²) < 4.78 is 0. The molecule has 0 saturated carbocycles. The van der Waals surface area contributed by atoms with E-state index in [0.717, 1.165) is 42.7 Å². The highest BCUT2D eigenvalue weighted by Crippen LogP contribution is 2.21. The Labute approximate surface area is 127 Å². The Morgan fingerprint density at radius 3 is 2.67 bits per heavy atom. The van der Waals surface area contributed by atoms with Crippen molar-refractivity contribution in [2.45, 2.75) is 33.6 Å². The van der Waals surface area contributed by atoms with Crippen LogP contribution in [0.4, 0.5) is 11.4 Å². The van der Waals surface area contributed by atoms with Crippen LogP contribution in [-0.4, -0.2) is 30.4 Å². The number of amides is 1. The number of carbonyl (C=O) groups excluding carboxylic acids is 1. The number of hydrogen-bond acceptors (Lipinski definition) is 3. The summed E-state index contributed by atoms with van der Waals surface area (Å²) in [5.41, 5.74) is 8.30. The number of piperidine rings is 1. The van der Waals surface area contributed by atoms with Gasteiger partial charge in [-0.05, 0) is 42.9 Å². The first-order valence-corrected chi connectivity index (χ1v) is 7.82. The molecule has 1 amide bonds. The minimum absolute atomic E-state index is 0.0644. The number of carbonyl (C=O) groups is 1. The van der Waals surface area contributed by atoms with Gasteiger partial charge in [-0.1, -0.05) is 19.9 Å². The van der Waals surface area contributed by atoms with Crippen LogP contribution in [-0.2, 0) is 4.79 Å². The van der Waals surface area contributed by atoms with Crippen molar-refractivity contribution >= 4 is 17.3 Å². The Morgan fingerprint density at radius 1 is 1.33 bits per heavy atom. The van der Waals surface area contributed by atoms with Crippen LogP contribution in [0.2, 0.25) is 0 Å². The van der Waals surface area contributed by atoms with Crippen molar-refractivity contribution in [1.29, 1.82) is 0 Å². The SMILES string of the molecule is Cc1ccc(N)cc1NC(=O)CCN1CC(C)CC(C)C1. The Hall–Kier alpha value is -1.55. The van der Waals surface area contributed by atoms with Gasteiger partial charge in [0, 0.05) is 37.4 Å². The second-order valence-corrected chi connectivity index (χ2v) is 6.58. The van der Waals surface area contributed by atoms with E-state index in [1.807, 2.05) is 25.1 Å². The summed E-state index contributed by atoms with van der Waals surface area (Å²) in [6.45, 7) is 9.60. The number of aryl methyl sites for hydroxylation is 1. The van der Waals surface area contributed by atoms with Gasteiger partial charge in [-0.3, -0.25) is 4.79 Å². The minimum atomic E-state index is 0.0644. The molecule has 1 saturated heterocycles. The van der Waals surface area contributed by atoms with Crippen LogP contribution in [0, 0.1) is 18.8 Å². The van der Waals surface area contributed by atoms with Gasteiger partial charge in [-0.25, -0.2) is 0 Å². The van der Waals surface area contributed by atoms with E-state index in [1.54, 1.807) is 0 Å². The lowest BCUT2D eigenvalue weighted by atomic mass is 9.92. The molecule has 116 valence electrons. The number of anilines is 2. The molecular formula is C17H27N3O. The fraction of sp³-hybridized carbons (Fsp3) is 0.588. The molecule has 4 heteroatoms. The molecule has 0 bridgehead atoms. The summed E-state index contributed by atoms with van der Waals surface area (Å²) in [5.74, 6) is 1.52. The second-order valence-electron chi connectivity index (χ2n) is 6.58. The lowest BCUT2D eigenvalue weighted by Crippen LogP contribution is -2.40. The van der Waals surface area contributed by atoms with Crippen LogP contribution in [0.25, 0.3) is 0 Å². The Balaban J connectivity index is 1.83. The molecule has 1 aliphatic rings. The summed E-state index contributed by atoms with van der Waals surface area (Å²) >= 11 is 0. The minimum Gasteiger partial charge on any atom is -0.399 e. The average molecular weight is 289 g/mol. The van der Waals surface area contributed by atoms with E-state index < -0.39 is 0 Å². The van der Waals surface area contributed by atoms with E-state index in [1.165, 1.54) is 6.42 Å². The number of nitrogens with two attached hydrogens (primary N) is 1. The van der Waals surface area contributed by atoms with E-state index in [9.17, 15) is 4.79 Å². The molecule has 1 aliphatic heterocycles. The van der Waals surface area contributed by atoms with Crippen molar-refractivity contribution in [1.82, 2.24) is 4.90 Å². The number of hydrogen-bond donors (Lipinski definition) is 2. The molecule has 2 rings (SSSR count). The van der Waals surface area contributed by atoms with Crippen LogP contribution in [0.5, 0.6) is 0 Å². The molecule has 4 nitrogen and oxygen atoms in total. The maximum atomic E-state index is 12.1. The Kier molecular flexibility index (Phi) is 5.23. The third kappa shape index (κ3) is 4.74. The van der Waals surface area contributed by atoms with E-state index in [-0.39, 0.29) is 5.91 Å². The predicted molar refractivity (Wildman–Crippen MR) is 88.2 cm³/mol. The fourth-order valence-electron chi connectivity index (χ4n) is 3.22. The van der Waals surface area contributed by atoms with Gasteiger partial charge < -0.3 is 16.0 Å². The first-order chi connectivity index (χ1) is 9.94. The van der Waals surface area contributed by atoms with E-state index in [0.29, 0.717) is 12.1 Å². The molecule has 3 N–H and O–H groups in total. The third-order valence-corrected chi connectivity index (χ3v) is 4.14. The molecular weight excluding hydrogens is 262 g/mol. The smallest absolute Gasteiger partial charge is 0.225 e. The topological polar surface area (TPSA) is 58.4 Å². The van der Waals surface area contributed by atoms with Gasteiger partial charge in [0.15, 0.2) is 0 Å². The zero-order chi connectivity index (χ0) is 15.4. The molecule has 1 heterocycles. The standard InChI is InChI=1S/C17H27N3O/c1-12-8-13(2)11-20(10-12)7-6-17(21)19-16-9-15(18)5-4-14(16)3/h4-5,9,12-13H,6-8,10-11,18H2,1-3H3,(H,19,21). The van der Waals surface area contributed by atoms with Gasteiger partial charge in [0.25, 0.3) is 0 Å². The van der Waals surface area contributed by atoms with Gasteiger partial charge in [-0.15, -0.1) is 0 Å². The lowest BCUT2D eigenvalue weighted by molar-refractivity contribution is -0.116.